The predicted octanol–water partition coefficient (Wildman–Crippen LogP) is 3.78. The highest BCUT2D eigenvalue weighted by atomic mass is 16.5. The Balaban J connectivity index is 2.33. The first kappa shape index (κ1) is 14.7. The summed E-state index contributed by atoms with van der Waals surface area (Å²) in [6.07, 6.45) is 0.388. The molecule has 1 atom stereocenters. The number of fused-ring (bicyclic) bond motifs is 1. The van der Waals surface area contributed by atoms with Crippen molar-refractivity contribution in [2.45, 2.75) is 39.4 Å². The maximum absolute atomic E-state index is 9.62. The van der Waals surface area contributed by atoms with Crippen LogP contribution in [-0.4, -0.2) is 23.9 Å². The number of ether oxygens (including phenoxy) is 2. The van der Waals surface area contributed by atoms with Gasteiger partial charge in [0.05, 0.1) is 12.2 Å². The molecule has 0 heterocycles. The van der Waals surface area contributed by atoms with Crippen LogP contribution in [0.5, 0.6) is 11.5 Å². The number of benzene rings is 2. The summed E-state index contributed by atoms with van der Waals surface area (Å²) in [5.74, 6) is 1.64. The molecule has 0 aliphatic rings. The Labute approximate surface area is 120 Å². The van der Waals surface area contributed by atoms with E-state index in [1.807, 2.05) is 57.2 Å². The quantitative estimate of drug-likeness (QED) is 0.871. The molecule has 0 aliphatic heterocycles. The van der Waals surface area contributed by atoms with E-state index in [1.54, 1.807) is 0 Å². The van der Waals surface area contributed by atoms with Crippen LogP contribution in [0.3, 0.4) is 0 Å². The van der Waals surface area contributed by atoms with Crippen LogP contribution < -0.4 is 9.47 Å². The number of rotatable bonds is 6. The summed E-state index contributed by atoms with van der Waals surface area (Å²) < 4.78 is 11.6. The molecule has 0 amide bonds. The molecule has 0 aromatic heterocycles. The molecule has 0 saturated heterocycles. The summed E-state index contributed by atoms with van der Waals surface area (Å²) in [5, 5.41) is 11.7. The van der Waals surface area contributed by atoms with Gasteiger partial charge in [0.2, 0.25) is 0 Å². The van der Waals surface area contributed by atoms with E-state index in [2.05, 4.69) is 0 Å². The summed E-state index contributed by atoms with van der Waals surface area (Å²) in [7, 11) is 0. The molecular weight excluding hydrogens is 252 g/mol. The molecule has 2 aromatic carbocycles. The summed E-state index contributed by atoms with van der Waals surface area (Å²) in [6, 6.07) is 11.8. The molecule has 1 N–H and O–H groups in total. The van der Waals surface area contributed by atoms with E-state index in [0.29, 0.717) is 13.0 Å². The van der Waals surface area contributed by atoms with E-state index in [0.717, 1.165) is 22.3 Å². The lowest BCUT2D eigenvalue weighted by molar-refractivity contribution is 0.105. The van der Waals surface area contributed by atoms with Gasteiger partial charge in [-0.2, -0.15) is 0 Å². The van der Waals surface area contributed by atoms with Gasteiger partial charge in [-0.1, -0.05) is 31.2 Å². The molecule has 0 saturated carbocycles. The van der Waals surface area contributed by atoms with E-state index < -0.39 is 6.10 Å². The summed E-state index contributed by atoms with van der Waals surface area (Å²) >= 11 is 0. The van der Waals surface area contributed by atoms with Crippen molar-refractivity contribution in [3.8, 4) is 11.5 Å². The van der Waals surface area contributed by atoms with Crippen molar-refractivity contribution in [3.63, 3.8) is 0 Å². The van der Waals surface area contributed by atoms with Gasteiger partial charge >= 0.3 is 0 Å². The van der Waals surface area contributed by atoms with Gasteiger partial charge in [-0.05, 0) is 32.4 Å². The van der Waals surface area contributed by atoms with Crippen molar-refractivity contribution >= 4 is 10.8 Å². The van der Waals surface area contributed by atoms with E-state index in [1.165, 1.54) is 0 Å². The average molecular weight is 274 g/mol. The number of hydrogen-bond acceptors (Lipinski definition) is 3. The third-order valence-electron chi connectivity index (χ3n) is 3.11. The van der Waals surface area contributed by atoms with Crippen LogP contribution in [0.4, 0.5) is 0 Å². The normalized spacial score (nSPS) is 12.7. The maximum Gasteiger partial charge on any atom is 0.127 e. The minimum atomic E-state index is -0.430. The summed E-state index contributed by atoms with van der Waals surface area (Å²) in [5.41, 5.74) is 0. The van der Waals surface area contributed by atoms with Gasteiger partial charge in [0.15, 0.2) is 0 Å². The average Bonchev–Trinajstić information content (AvgIpc) is 2.45. The van der Waals surface area contributed by atoms with Crippen LogP contribution >= 0.6 is 0 Å². The first-order valence-electron chi connectivity index (χ1n) is 7.11. The van der Waals surface area contributed by atoms with Crippen LogP contribution in [0.2, 0.25) is 0 Å². The molecule has 3 nitrogen and oxygen atoms in total. The molecule has 0 aliphatic carbocycles. The Kier molecular flexibility index (Phi) is 4.85. The summed E-state index contributed by atoms with van der Waals surface area (Å²) in [6.45, 7) is 6.27. The second-order valence-corrected chi connectivity index (χ2v) is 5.15. The molecule has 20 heavy (non-hydrogen) atoms. The van der Waals surface area contributed by atoms with E-state index in [4.69, 9.17) is 9.47 Å². The number of aliphatic hydroxyl groups is 1. The van der Waals surface area contributed by atoms with Crippen LogP contribution in [0.1, 0.15) is 27.2 Å². The predicted molar refractivity (Wildman–Crippen MR) is 81.5 cm³/mol. The van der Waals surface area contributed by atoms with Crippen molar-refractivity contribution in [1.29, 1.82) is 0 Å². The maximum atomic E-state index is 9.62. The van der Waals surface area contributed by atoms with Gasteiger partial charge in [0.1, 0.15) is 18.1 Å². The fraction of sp³-hybridized carbons (Fsp3) is 0.412. The van der Waals surface area contributed by atoms with Crippen molar-refractivity contribution in [3.05, 3.63) is 36.4 Å². The Morgan fingerprint density at radius 1 is 1.00 bits per heavy atom. The zero-order chi connectivity index (χ0) is 14.5. The first-order chi connectivity index (χ1) is 9.61. The van der Waals surface area contributed by atoms with Gasteiger partial charge in [0.25, 0.3) is 0 Å². The summed E-state index contributed by atoms with van der Waals surface area (Å²) in [4.78, 5) is 0. The molecule has 2 aromatic rings. The standard InChI is InChI=1S/C17H22O3/c1-4-13(18)11-19-16-9-10-17(20-12(2)3)15-8-6-5-7-14(15)16/h5-10,12-13,18H,4,11H2,1-3H3. The highest BCUT2D eigenvalue weighted by Crippen LogP contribution is 2.33. The van der Waals surface area contributed by atoms with Gasteiger partial charge in [-0.25, -0.2) is 0 Å². The molecule has 0 spiro atoms. The fourth-order valence-corrected chi connectivity index (χ4v) is 2.03. The zero-order valence-electron chi connectivity index (χ0n) is 12.3. The molecule has 3 heteroatoms. The monoisotopic (exact) mass is 274 g/mol. The lowest BCUT2D eigenvalue weighted by Gasteiger charge is -2.16. The third kappa shape index (κ3) is 3.42. The van der Waals surface area contributed by atoms with Crippen LogP contribution in [0.25, 0.3) is 10.8 Å². The largest absolute Gasteiger partial charge is 0.490 e. The fourth-order valence-electron chi connectivity index (χ4n) is 2.03. The molecule has 0 fully saturated rings. The molecular formula is C17H22O3. The Morgan fingerprint density at radius 3 is 2.20 bits per heavy atom. The van der Waals surface area contributed by atoms with Crippen molar-refractivity contribution in [2.24, 2.45) is 0 Å². The van der Waals surface area contributed by atoms with Gasteiger partial charge in [-0.3, -0.25) is 0 Å². The Hall–Kier alpha value is -1.74. The van der Waals surface area contributed by atoms with Gasteiger partial charge in [0, 0.05) is 10.8 Å². The molecule has 0 radical (unpaired) electrons. The van der Waals surface area contributed by atoms with Crippen molar-refractivity contribution < 1.29 is 14.6 Å². The van der Waals surface area contributed by atoms with Gasteiger partial charge < -0.3 is 14.6 Å². The van der Waals surface area contributed by atoms with Gasteiger partial charge in [-0.15, -0.1) is 0 Å². The molecule has 2 rings (SSSR count). The zero-order valence-corrected chi connectivity index (χ0v) is 12.3. The molecule has 108 valence electrons. The van der Waals surface area contributed by atoms with Crippen LogP contribution in [-0.2, 0) is 0 Å². The smallest absolute Gasteiger partial charge is 0.127 e. The van der Waals surface area contributed by atoms with E-state index in [-0.39, 0.29) is 6.10 Å². The minimum Gasteiger partial charge on any atom is -0.490 e. The van der Waals surface area contributed by atoms with Crippen molar-refractivity contribution in [1.82, 2.24) is 0 Å². The highest BCUT2D eigenvalue weighted by Gasteiger charge is 2.10. The van der Waals surface area contributed by atoms with E-state index >= 15 is 0 Å². The Morgan fingerprint density at radius 2 is 1.60 bits per heavy atom. The Bertz CT molecular complexity index is 563. The topological polar surface area (TPSA) is 38.7 Å². The molecule has 0 bridgehead atoms. The lowest BCUT2D eigenvalue weighted by Crippen LogP contribution is -2.16. The minimum absolute atomic E-state index is 0.132. The van der Waals surface area contributed by atoms with Crippen LogP contribution in [0, 0.1) is 0 Å². The molecule has 1 unspecified atom stereocenters. The van der Waals surface area contributed by atoms with Crippen molar-refractivity contribution in [2.75, 3.05) is 6.61 Å². The first-order valence-corrected chi connectivity index (χ1v) is 7.11. The third-order valence-corrected chi connectivity index (χ3v) is 3.11. The highest BCUT2D eigenvalue weighted by molar-refractivity contribution is 5.93. The van der Waals surface area contributed by atoms with Crippen LogP contribution in [0.15, 0.2) is 36.4 Å². The second kappa shape index (κ2) is 6.62. The number of aliphatic hydroxyl groups excluding tert-OH is 1. The second-order valence-electron chi connectivity index (χ2n) is 5.15. The lowest BCUT2D eigenvalue weighted by atomic mass is 10.1. The van der Waals surface area contributed by atoms with E-state index in [9.17, 15) is 5.11 Å². The SMILES string of the molecule is CCC(O)COc1ccc(OC(C)C)c2ccccc12. The number of hydrogen-bond donors (Lipinski definition) is 1.